The summed E-state index contributed by atoms with van der Waals surface area (Å²) in [5.41, 5.74) is 1.10. The highest BCUT2D eigenvalue weighted by atomic mass is 35.5. The fraction of sp³-hybridized carbons (Fsp3) is 0.222. The first-order valence-electron chi connectivity index (χ1n) is 8.08. The van der Waals surface area contributed by atoms with Crippen LogP contribution < -0.4 is 4.80 Å². The second kappa shape index (κ2) is 7.75. The zero-order valence-corrected chi connectivity index (χ0v) is 17.7. The number of amides is 1. The van der Waals surface area contributed by atoms with Crippen molar-refractivity contribution in [3.05, 3.63) is 56.8 Å². The standard InChI is InChI=1S/C18H16Cl2N2O3S2/c1-3-8-22-15-7-5-12(27(2,24)25)10-16(15)26-18(22)21-17(23)13-6-4-11(19)9-14(13)20/h4-7,9-10H,3,8H2,1-2H3. The van der Waals surface area contributed by atoms with Gasteiger partial charge in [0.2, 0.25) is 0 Å². The van der Waals surface area contributed by atoms with Gasteiger partial charge in [0, 0.05) is 17.8 Å². The molecule has 1 aromatic heterocycles. The summed E-state index contributed by atoms with van der Waals surface area (Å²) in [6, 6.07) is 9.54. The SMILES string of the molecule is CCCn1c(=NC(=O)c2ccc(Cl)cc2Cl)sc2cc(S(C)(=O)=O)ccc21. The molecule has 0 spiro atoms. The molecule has 3 rings (SSSR count). The summed E-state index contributed by atoms with van der Waals surface area (Å²) >= 11 is 13.2. The lowest BCUT2D eigenvalue weighted by Gasteiger charge is -2.04. The first-order chi connectivity index (χ1) is 12.7. The predicted octanol–water partition coefficient (Wildman–Crippen LogP) is 4.56. The van der Waals surface area contributed by atoms with Crippen molar-refractivity contribution in [3.8, 4) is 0 Å². The van der Waals surface area contributed by atoms with Crippen LogP contribution in [0, 0.1) is 0 Å². The smallest absolute Gasteiger partial charge is 0.281 e. The van der Waals surface area contributed by atoms with E-state index in [1.54, 1.807) is 24.3 Å². The molecule has 27 heavy (non-hydrogen) atoms. The lowest BCUT2D eigenvalue weighted by molar-refractivity contribution is 0.0998. The van der Waals surface area contributed by atoms with E-state index in [2.05, 4.69) is 4.99 Å². The van der Waals surface area contributed by atoms with Crippen molar-refractivity contribution >= 4 is 60.5 Å². The predicted molar refractivity (Wildman–Crippen MR) is 110 cm³/mol. The van der Waals surface area contributed by atoms with E-state index in [-0.39, 0.29) is 15.5 Å². The molecule has 0 saturated carbocycles. The molecule has 0 saturated heterocycles. The molecular formula is C18H16Cl2N2O3S2. The number of fused-ring (bicyclic) bond motifs is 1. The minimum atomic E-state index is -3.32. The van der Waals surface area contributed by atoms with Crippen LogP contribution in [-0.2, 0) is 16.4 Å². The van der Waals surface area contributed by atoms with E-state index in [0.717, 1.165) is 16.6 Å². The van der Waals surface area contributed by atoms with E-state index in [9.17, 15) is 13.2 Å². The highest BCUT2D eigenvalue weighted by Crippen LogP contribution is 2.24. The lowest BCUT2D eigenvalue weighted by atomic mass is 10.2. The zero-order chi connectivity index (χ0) is 19.8. The van der Waals surface area contributed by atoms with E-state index in [0.29, 0.717) is 16.4 Å². The normalized spacial score (nSPS) is 12.7. The van der Waals surface area contributed by atoms with E-state index in [1.165, 1.54) is 29.7 Å². The van der Waals surface area contributed by atoms with Crippen LogP contribution in [0.25, 0.3) is 10.2 Å². The van der Waals surface area contributed by atoms with Crippen molar-refractivity contribution in [1.82, 2.24) is 4.57 Å². The van der Waals surface area contributed by atoms with Crippen molar-refractivity contribution in [1.29, 1.82) is 0 Å². The van der Waals surface area contributed by atoms with Gasteiger partial charge in [0.25, 0.3) is 5.91 Å². The Morgan fingerprint density at radius 2 is 1.93 bits per heavy atom. The monoisotopic (exact) mass is 442 g/mol. The summed E-state index contributed by atoms with van der Waals surface area (Å²) in [5, 5.41) is 0.673. The quantitative estimate of drug-likeness (QED) is 0.594. The average Bonchev–Trinajstić information content (AvgIpc) is 2.91. The number of thiazole rings is 1. The van der Waals surface area contributed by atoms with Crippen LogP contribution in [-0.4, -0.2) is 25.1 Å². The Hall–Kier alpha value is -1.67. The first kappa shape index (κ1) is 20.1. The summed E-state index contributed by atoms with van der Waals surface area (Å²) in [6.45, 7) is 2.67. The number of sulfone groups is 1. The highest BCUT2D eigenvalue weighted by Gasteiger charge is 2.14. The van der Waals surface area contributed by atoms with Crippen molar-refractivity contribution in [2.24, 2.45) is 4.99 Å². The Morgan fingerprint density at radius 3 is 2.56 bits per heavy atom. The molecule has 9 heteroatoms. The summed E-state index contributed by atoms with van der Waals surface area (Å²) in [7, 11) is -3.32. The van der Waals surface area contributed by atoms with Gasteiger partial charge in [0.1, 0.15) is 0 Å². The van der Waals surface area contributed by atoms with Crippen LogP contribution in [0.2, 0.25) is 10.0 Å². The molecule has 142 valence electrons. The van der Waals surface area contributed by atoms with Gasteiger partial charge in [-0.3, -0.25) is 4.79 Å². The fourth-order valence-corrected chi connectivity index (χ4v) is 4.92. The number of halogens is 2. The Balaban J connectivity index is 2.18. The Morgan fingerprint density at radius 1 is 1.19 bits per heavy atom. The van der Waals surface area contributed by atoms with E-state index in [4.69, 9.17) is 23.2 Å². The van der Waals surface area contributed by atoms with E-state index >= 15 is 0 Å². The molecular weight excluding hydrogens is 427 g/mol. The molecule has 1 heterocycles. The van der Waals surface area contributed by atoms with Crippen LogP contribution in [0.4, 0.5) is 0 Å². The summed E-state index contributed by atoms with van der Waals surface area (Å²) in [5.74, 6) is -0.476. The molecule has 0 aliphatic heterocycles. The van der Waals surface area contributed by atoms with Crippen LogP contribution in [0.15, 0.2) is 46.3 Å². The third-order valence-corrected chi connectivity index (χ3v) is 6.59. The van der Waals surface area contributed by atoms with Crippen LogP contribution in [0.1, 0.15) is 23.7 Å². The molecule has 2 aromatic carbocycles. The van der Waals surface area contributed by atoms with Gasteiger partial charge in [-0.1, -0.05) is 41.5 Å². The minimum Gasteiger partial charge on any atom is -0.316 e. The minimum absolute atomic E-state index is 0.235. The third kappa shape index (κ3) is 4.27. The van der Waals surface area contributed by atoms with Gasteiger partial charge in [0.05, 0.1) is 25.7 Å². The second-order valence-corrected chi connectivity index (χ2v) is 9.85. The number of rotatable bonds is 4. The number of carbonyl (C=O) groups excluding carboxylic acids is 1. The van der Waals surface area contributed by atoms with Crippen molar-refractivity contribution in [2.75, 3.05) is 6.26 Å². The molecule has 1 amide bonds. The van der Waals surface area contributed by atoms with Crippen molar-refractivity contribution in [2.45, 2.75) is 24.8 Å². The Labute approximate surface area is 170 Å². The van der Waals surface area contributed by atoms with Crippen LogP contribution >= 0.6 is 34.5 Å². The maximum absolute atomic E-state index is 12.6. The van der Waals surface area contributed by atoms with Crippen molar-refractivity contribution < 1.29 is 13.2 Å². The summed E-state index contributed by atoms with van der Waals surface area (Å²) in [6.07, 6.45) is 2.00. The van der Waals surface area contributed by atoms with Gasteiger partial charge in [-0.2, -0.15) is 4.99 Å². The fourth-order valence-electron chi connectivity index (χ4n) is 2.62. The molecule has 0 radical (unpaired) electrons. The number of aryl methyl sites for hydroxylation is 1. The van der Waals surface area contributed by atoms with Gasteiger partial charge >= 0.3 is 0 Å². The number of benzene rings is 2. The maximum atomic E-state index is 12.6. The van der Waals surface area contributed by atoms with Crippen LogP contribution in [0.3, 0.4) is 0 Å². The van der Waals surface area contributed by atoms with Gasteiger partial charge in [-0.05, 0) is 42.8 Å². The Kier molecular flexibility index (Phi) is 5.76. The number of hydrogen-bond donors (Lipinski definition) is 0. The molecule has 0 aliphatic rings. The molecule has 0 N–H and O–H groups in total. The van der Waals surface area contributed by atoms with Gasteiger partial charge in [-0.25, -0.2) is 8.42 Å². The molecule has 0 bridgehead atoms. The zero-order valence-electron chi connectivity index (χ0n) is 14.6. The molecule has 0 fully saturated rings. The van der Waals surface area contributed by atoms with Gasteiger partial charge < -0.3 is 4.57 Å². The number of aromatic nitrogens is 1. The highest BCUT2D eigenvalue weighted by molar-refractivity contribution is 7.90. The topological polar surface area (TPSA) is 68.5 Å². The lowest BCUT2D eigenvalue weighted by Crippen LogP contribution is -2.17. The largest absolute Gasteiger partial charge is 0.316 e. The third-order valence-electron chi connectivity index (χ3n) is 3.89. The molecule has 0 atom stereocenters. The first-order valence-corrected chi connectivity index (χ1v) is 11.5. The average molecular weight is 443 g/mol. The van der Waals surface area contributed by atoms with Gasteiger partial charge in [-0.15, -0.1) is 0 Å². The maximum Gasteiger partial charge on any atom is 0.281 e. The molecule has 5 nitrogen and oxygen atoms in total. The van der Waals surface area contributed by atoms with E-state index in [1.807, 2.05) is 11.5 Å². The Bertz CT molecular complexity index is 1210. The summed E-state index contributed by atoms with van der Waals surface area (Å²) in [4.78, 5) is 17.6. The molecule has 0 unspecified atom stereocenters. The number of carbonyl (C=O) groups is 1. The second-order valence-electron chi connectivity index (χ2n) is 5.98. The number of nitrogens with zero attached hydrogens (tertiary/aromatic N) is 2. The van der Waals surface area contributed by atoms with E-state index < -0.39 is 15.7 Å². The van der Waals surface area contributed by atoms with Crippen LogP contribution in [0.5, 0.6) is 0 Å². The molecule has 3 aromatic rings. The summed E-state index contributed by atoms with van der Waals surface area (Å²) < 4.78 is 26.3. The van der Waals surface area contributed by atoms with Crippen molar-refractivity contribution in [3.63, 3.8) is 0 Å². The number of hydrogen-bond acceptors (Lipinski definition) is 4. The molecule has 0 aliphatic carbocycles. The van der Waals surface area contributed by atoms with Gasteiger partial charge in [0.15, 0.2) is 14.6 Å².